The molecule has 1 unspecified atom stereocenters. The molecule has 0 rings (SSSR count). The zero-order valence-corrected chi connectivity index (χ0v) is 6.96. The maximum Gasteiger partial charge on any atom is 0.0624 e. The van der Waals surface area contributed by atoms with E-state index in [1.54, 1.807) is 20.3 Å². The third-order valence-corrected chi connectivity index (χ3v) is 1.36. The molecule has 0 saturated carbocycles. The van der Waals surface area contributed by atoms with E-state index < -0.39 is 5.60 Å². The molecule has 1 atom stereocenters. The van der Waals surface area contributed by atoms with E-state index in [9.17, 15) is 5.11 Å². The molecule has 0 spiro atoms. The van der Waals surface area contributed by atoms with E-state index in [1.807, 2.05) is 6.92 Å². The average molecular weight is 145 g/mol. The Hall–Kier alpha value is -0.0800. The first-order chi connectivity index (χ1) is 4.45. The Morgan fingerprint density at radius 1 is 1.50 bits per heavy atom. The first-order valence-electron chi connectivity index (χ1n) is 3.70. The van der Waals surface area contributed by atoms with Crippen molar-refractivity contribution in [2.75, 3.05) is 0 Å². The molecule has 0 aromatic rings. The van der Waals surface area contributed by atoms with Gasteiger partial charge >= 0.3 is 0 Å². The Labute approximate surface area is 62.9 Å². The molecule has 0 amide bonds. The fourth-order valence-electron chi connectivity index (χ4n) is 0.591. The highest BCUT2D eigenvalue weighted by atomic mass is 16.3. The number of hydrogen-bond acceptors (Lipinski definition) is 2. The smallest absolute Gasteiger partial charge is 0.0624 e. The van der Waals surface area contributed by atoms with E-state index in [2.05, 4.69) is 0 Å². The largest absolute Gasteiger partial charge is 0.393 e. The van der Waals surface area contributed by atoms with Crippen molar-refractivity contribution in [1.29, 1.82) is 0 Å². The summed E-state index contributed by atoms with van der Waals surface area (Å²) in [6.07, 6.45) is 2.74. The number of hydrogen-bond donors (Lipinski definition) is 2. The fraction of sp³-hybridized carbons (Fsp3) is 0.875. The van der Waals surface area contributed by atoms with Gasteiger partial charge in [-0.25, -0.2) is 0 Å². The lowest BCUT2D eigenvalue weighted by molar-refractivity contribution is 0.0926. The zero-order valence-electron chi connectivity index (χ0n) is 6.96. The minimum Gasteiger partial charge on any atom is -0.393 e. The van der Waals surface area contributed by atoms with Gasteiger partial charge < -0.3 is 10.2 Å². The number of aliphatic hydroxyl groups is 2. The summed E-state index contributed by atoms with van der Waals surface area (Å²) in [6.45, 7) is 5.33. The molecule has 0 fully saturated rings. The van der Waals surface area contributed by atoms with E-state index in [1.165, 1.54) is 0 Å². The van der Waals surface area contributed by atoms with Gasteiger partial charge in [0.05, 0.1) is 11.7 Å². The summed E-state index contributed by atoms with van der Waals surface area (Å²) in [5.41, 5.74) is -0.754. The highest BCUT2D eigenvalue weighted by molar-refractivity contribution is 4.85. The molecule has 10 heavy (non-hydrogen) atoms. The van der Waals surface area contributed by atoms with Crippen LogP contribution in [0.2, 0.25) is 0 Å². The predicted octanol–water partition coefficient (Wildman–Crippen LogP) is 1.12. The van der Waals surface area contributed by atoms with Crippen LogP contribution in [-0.2, 0) is 0 Å². The van der Waals surface area contributed by atoms with Crippen LogP contribution in [-0.4, -0.2) is 21.9 Å². The quantitative estimate of drug-likeness (QED) is 0.622. The maximum atomic E-state index is 9.20. The van der Waals surface area contributed by atoms with Gasteiger partial charge in [-0.3, -0.25) is 0 Å². The monoisotopic (exact) mass is 145 g/mol. The summed E-state index contributed by atoms with van der Waals surface area (Å²) in [7, 11) is 0. The van der Waals surface area contributed by atoms with Crippen molar-refractivity contribution in [2.24, 2.45) is 0 Å². The standard InChI is InChI=1S/C8H17O2/c1-4-7(9)5-6-8(2,3)10/h6-7,9-10H,4-5H2,1-3H3. The van der Waals surface area contributed by atoms with E-state index in [0.29, 0.717) is 6.42 Å². The molecule has 0 heterocycles. The fourth-order valence-corrected chi connectivity index (χ4v) is 0.591. The van der Waals surface area contributed by atoms with Crippen molar-refractivity contribution in [3.05, 3.63) is 6.42 Å². The molecule has 0 saturated heterocycles. The second-order valence-corrected chi connectivity index (χ2v) is 3.16. The van der Waals surface area contributed by atoms with E-state index in [4.69, 9.17) is 5.11 Å². The SMILES string of the molecule is CCC(O)C[CH]C(C)(C)O. The van der Waals surface area contributed by atoms with Crippen LogP contribution in [0.15, 0.2) is 0 Å². The van der Waals surface area contributed by atoms with Crippen LogP contribution in [0.1, 0.15) is 33.6 Å². The topological polar surface area (TPSA) is 40.5 Å². The van der Waals surface area contributed by atoms with Crippen molar-refractivity contribution in [1.82, 2.24) is 0 Å². The second-order valence-electron chi connectivity index (χ2n) is 3.16. The van der Waals surface area contributed by atoms with Gasteiger partial charge in [-0.1, -0.05) is 6.92 Å². The van der Waals surface area contributed by atoms with Gasteiger partial charge in [-0.05, 0) is 33.1 Å². The third kappa shape index (κ3) is 6.05. The van der Waals surface area contributed by atoms with Gasteiger partial charge in [0, 0.05) is 0 Å². The maximum absolute atomic E-state index is 9.20. The molecule has 1 radical (unpaired) electrons. The average Bonchev–Trinajstić information content (AvgIpc) is 1.81. The normalized spacial score (nSPS) is 15.3. The molecule has 2 heteroatoms. The van der Waals surface area contributed by atoms with Crippen LogP contribution in [0.5, 0.6) is 0 Å². The van der Waals surface area contributed by atoms with Crippen LogP contribution >= 0.6 is 0 Å². The van der Waals surface area contributed by atoms with Crippen molar-refractivity contribution < 1.29 is 10.2 Å². The Bertz CT molecular complexity index is 83.7. The Morgan fingerprint density at radius 2 is 2.00 bits per heavy atom. The van der Waals surface area contributed by atoms with Crippen LogP contribution < -0.4 is 0 Å². The van der Waals surface area contributed by atoms with Gasteiger partial charge in [0.2, 0.25) is 0 Å². The van der Waals surface area contributed by atoms with Gasteiger partial charge in [0.25, 0.3) is 0 Å². The summed E-state index contributed by atoms with van der Waals surface area (Å²) in [6, 6.07) is 0. The van der Waals surface area contributed by atoms with Crippen molar-refractivity contribution in [3.63, 3.8) is 0 Å². The third-order valence-electron chi connectivity index (χ3n) is 1.36. The molecule has 0 bridgehead atoms. The van der Waals surface area contributed by atoms with E-state index >= 15 is 0 Å². The number of rotatable bonds is 4. The number of aliphatic hydroxyl groups excluding tert-OH is 1. The predicted molar refractivity (Wildman–Crippen MR) is 41.5 cm³/mol. The van der Waals surface area contributed by atoms with Gasteiger partial charge in [-0.15, -0.1) is 0 Å². The molecule has 2 nitrogen and oxygen atoms in total. The molecular weight excluding hydrogens is 128 g/mol. The molecule has 0 aromatic carbocycles. The van der Waals surface area contributed by atoms with Crippen molar-refractivity contribution in [2.45, 2.75) is 45.3 Å². The molecule has 2 N–H and O–H groups in total. The molecule has 61 valence electrons. The van der Waals surface area contributed by atoms with Gasteiger partial charge in [0.1, 0.15) is 0 Å². The van der Waals surface area contributed by atoms with Crippen LogP contribution in [0.4, 0.5) is 0 Å². The van der Waals surface area contributed by atoms with Crippen molar-refractivity contribution >= 4 is 0 Å². The highest BCUT2D eigenvalue weighted by Crippen LogP contribution is 2.11. The molecule has 0 aromatic heterocycles. The summed E-state index contributed by atoms with van der Waals surface area (Å²) >= 11 is 0. The summed E-state index contributed by atoms with van der Waals surface area (Å²) in [4.78, 5) is 0. The summed E-state index contributed by atoms with van der Waals surface area (Å²) in [5.74, 6) is 0. The van der Waals surface area contributed by atoms with Gasteiger partial charge in [0.15, 0.2) is 0 Å². The lowest BCUT2D eigenvalue weighted by atomic mass is 10.00. The minimum absolute atomic E-state index is 0.300. The highest BCUT2D eigenvalue weighted by Gasteiger charge is 2.14. The molecule has 0 aliphatic rings. The second kappa shape index (κ2) is 3.94. The molecule has 0 aliphatic heterocycles. The van der Waals surface area contributed by atoms with Gasteiger partial charge in [-0.2, -0.15) is 0 Å². The summed E-state index contributed by atoms with van der Waals surface area (Å²) in [5, 5.41) is 18.3. The lowest BCUT2D eigenvalue weighted by Crippen LogP contribution is -2.22. The lowest BCUT2D eigenvalue weighted by Gasteiger charge is -2.17. The van der Waals surface area contributed by atoms with Crippen LogP contribution in [0.25, 0.3) is 0 Å². The first-order valence-corrected chi connectivity index (χ1v) is 3.70. The zero-order chi connectivity index (χ0) is 8.20. The van der Waals surface area contributed by atoms with Crippen molar-refractivity contribution in [3.8, 4) is 0 Å². The van der Waals surface area contributed by atoms with Crippen LogP contribution in [0, 0.1) is 6.42 Å². The minimum atomic E-state index is -0.754. The molecular formula is C8H17O2. The Kier molecular flexibility index (Phi) is 3.91. The van der Waals surface area contributed by atoms with Crippen LogP contribution in [0.3, 0.4) is 0 Å². The Morgan fingerprint density at radius 3 is 2.30 bits per heavy atom. The first kappa shape index (κ1) is 9.92. The Balaban J connectivity index is 3.36. The summed E-state index contributed by atoms with van der Waals surface area (Å²) < 4.78 is 0. The van der Waals surface area contributed by atoms with E-state index in [-0.39, 0.29) is 6.10 Å². The molecule has 0 aliphatic carbocycles. The van der Waals surface area contributed by atoms with E-state index in [0.717, 1.165) is 6.42 Å².